The van der Waals surface area contributed by atoms with E-state index >= 15 is 0 Å². The Bertz CT molecular complexity index is 269. The minimum Gasteiger partial charge on any atom is -0.411 e. The first kappa shape index (κ1) is 9.67. The zero-order valence-corrected chi connectivity index (χ0v) is 7.30. The van der Waals surface area contributed by atoms with Crippen LogP contribution in [0.15, 0.2) is 29.7 Å². The Labute approximate surface area is 76.8 Å². The molecule has 70 valence electrons. The van der Waals surface area contributed by atoms with E-state index in [1.54, 1.807) is 0 Å². The fraction of sp³-hybridized carbons (Fsp3) is 0.333. The van der Waals surface area contributed by atoms with Gasteiger partial charge in [-0.15, -0.1) is 0 Å². The Kier molecular flexibility index (Phi) is 3.92. The van der Waals surface area contributed by atoms with Crippen molar-refractivity contribution in [2.75, 3.05) is 6.61 Å². The molecule has 0 unspecified atom stereocenters. The van der Waals surface area contributed by atoms with Crippen molar-refractivity contribution in [3.63, 3.8) is 0 Å². The van der Waals surface area contributed by atoms with E-state index < -0.39 is 0 Å². The van der Waals surface area contributed by atoms with Crippen LogP contribution in [0.4, 0.5) is 0 Å². The van der Waals surface area contributed by atoms with Crippen molar-refractivity contribution in [1.29, 1.82) is 0 Å². The molecule has 1 aromatic rings. The number of aliphatic hydroxyl groups is 1. The van der Waals surface area contributed by atoms with Crippen LogP contribution in [-0.2, 0) is 6.54 Å². The van der Waals surface area contributed by atoms with Crippen molar-refractivity contribution in [1.82, 2.24) is 0 Å². The number of nitrogens with zero attached hydrogens (tertiary/aromatic N) is 2. The summed E-state index contributed by atoms with van der Waals surface area (Å²) >= 11 is 0. The van der Waals surface area contributed by atoms with Gasteiger partial charge in [0.1, 0.15) is 0 Å². The molecule has 0 bridgehead atoms. The highest BCUT2D eigenvalue weighted by Gasteiger charge is 1.98. The van der Waals surface area contributed by atoms with Crippen LogP contribution < -0.4 is 4.57 Å². The Morgan fingerprint density at radius 1 is 1.38 bits per heavy atom. The standard InChI is InChI=1S/C9H12N2O2/c12-7-1-4-11-5-2-9(3-6-11)8-10-13/h2-3,5-6,8,12H,1,4,7H2/p+1. The van der Waals surface area contributed by atoms with Gasteiger partial charge in [-0.3, -0.25) is 0 Å². The number of hydrogen-bond acceptors (Lipinski definition) is 3. The van der Waals surface area contributed by atoms with Crippen molar-refractivity contribution < 1.29 is 14.9 Å². The van der Waals surface area contributed by atoms with Crippen LogP contribution in [0.3, 0.4) is 0 Å². The van der Waals surface area contributed by atoms with E-state index in [2.05, 4.69) is 5.16 Å². The fourth-order valence-electron chi connectivity index (χ4n) is 1.02. The highest BCUT2D eigenvalue weighted by molar-refractivity contribution is 5.78. The van der Waals surface area contributed by atoms with E-state index in [0.29, 0.717) is 0 Å². The number of aliphatic hydroxyl groups excluding tert-OH is 1. The van der Waals surface area contributed by atoms with Crippen molar-refractivity contribution in [2.24, 2.45) is 5.16 Å². The molecular weight excluding hydrogens is 168 g/mol. The molecule has 0 aliphatic carbocycles. The van der Waals surface area contributed by atoms with Crippen LogP contribution in [0, 0.1) is 0 Å². The van der Waals surface area contributed by atoms with Gasteiger partial charge in [-0.25, -0.2) is 4.57 Å². The second-order valence-corrected chi connectivity index (χ2v) is 2.69. The van der Waals surface area contributed by atoms with Crippen LogP contribution >= 0.6 is 0 Å². The minimum atomic E-state index is 0.201. The number of hydrogen-bond donors (Lipinski definition) is 2. The predicted octanol–water partition coefficient (Wildman–Crippen LogP) is 0.165. The summed E-state index contributed by atoms with van der Waals surface area (Å²) in [6, 6.07) is 3.69. The monoisotopic (exact) mass is 181 g/mol. The van der Waals surface area contributed by atoms with Gasteiger partial charge in [0.15, 0.2) is 18.9 Å². The number of pyridine rings is 1. The van der Waals surface area contributed by atoms with Gasteiger partial charge in [0.25, 0.3) is 0 Å². The first-order chi connectivity index (χ1) is 6.36. The molecule has 1 heterocycles. The molecule has 0 atom stereocenters. The summed E-state index contributed by atoms with van der Waals surface area (Å²) in [5.74, 6) is 0. The summed E-state index contributed by atoms with van der Waals surface area (Å²) in [5.41, 5.74) is 0.850. The molecule has 0 aliphatic rings. The summed E-state index contributed by atoms with van der Waals surface area (Å²) < 4.78 is 1.96. The maximum atomic E-state index is 8.60. The second kappa shape index (κ2) is 5.27. The molecule has 2 N–H and O–H groups in total. The third-order valence-corrected chi connectivity index (χ3v) is 1.70. The average molecular weight is 181 g/mol. The lowest BCUT2D eigenvalue weighted by atomic mass is 10.3. The van der Waals surface area contributed by atoms with Crippen molar-refractivity contribution in [3.8, 4) is 0 Å². The molecule has 0 amide bonds. The average Bonchev–Trinajstić information content (AvgIpc) is 2.17. The zero-order valence-electron chi connectivity index (χ0n) is 7.30. The lowest BCUT2D eigenvalue weighted by Gasteiger charge is -1.94. The maximum absolute atomic E-state index is 8.60. The normalized spacial score (nSPS) is 10.8. The van der Waals surface area contributed by atoms with Crippen LogP contribution in [0.1, 0.15) is 12.0 Å². The summed E-state index contributed by atoms with van der Waals surface area (Å²) in [6.45, 7) is 1.000. The van der Waals surface area contributed by atoms with E-state index in [1.807, 2.05) is 29.1 Å². The minimum absolute atomic E-state index is 0.201. The van der Waals surface area contributed by atoms with E-state index in [9.17, 15) is 0 Å². The zero-order chi connectivity index (χ0) is 9.52. The molecule has 0 spiro atoms. The molecule has 0 saturated carbocycles. The van der Waals surface area contributed by atoms with E-state index in [1.165, 1.54) is 6.21 Å². The first-order valence-corrected chi connectivity index (χ1v) is 4.14. The highest BCUT2D eigenvalue weighted by Crippen LogP contribution is 1.90. The summed E-state index contributed by atoms with van der Waals surface area (Å²) in [5, 5.41) is 19.8. The van der Waals surface area contributed by atoms with Gasteiger partial charge in [0, 0.05) is 30.7 Å². The van der Waals surface area contributed by atoms with Gasteiger partial charge in [0.05, 0.1) is 6.21 Å². The van der Waals surface area contributed by atoms with Crippen LogP contribution in [0.2, 0.25) is 0 Å². The van der Waals surface area contributed by atoms with Crippen molar-refractivity contribution in [2.45, 2.75) is 13.0 Å². The van der Waals surface area contributed by atoms with Gasteiger partial charge < -0.3 is 10.3 Å². The lowest BCUT2D eigenvalue weighted by Crippen LogP contribution is -2.33. The number of aryl methyl sites for hydroxylation is 1. The molecule has 1 rings (SSSR count). The van der Waals surface area contributed by atoms with Crippen LogP contribution in [-0.4, -0.2) is 23.1 Å². The SMILES string of the molecule is OCCC[n+]1ccc(/C=N/O)cc1. The molecule has 1 aromatic heterocycles. The first-order valence-electron chi connectivity index (χ1n) is 4.14. The molecule has 0 saturated heterocycles. The van der Waals surface area contributed by atoms with Gasteiger partial charge in [-0.2, -0.15) is 0 Å². The summed E-state index contributed by atoms with van der Waals surface area (Å²) in [4.78, 5) is 0. The largest absolute Gasteiger partial charge is 0.411 e. The fourth-order valence-corrected chi connectivity index (χ4v) is 1.02. The van der Waals surface area contributed by atoms with Gasteiger partial charge in [0.2, 0.25) is 0 Å². The van der Waals surface area contributed by atoms with Gasteiger partial charge in [-0.1, -0.05) is 5.16 Å². The predicted molar refractivity (Wildman–Crippen MR) is 47.7 cm³/mol. The molecule has 0 aromatic carbocycles. The summed E-state index contributed by atoms with van der Waals surface area (Å²) in [6.07, 6.45) is 5.88. The number of aromatic nitrogens is 1. The van der Waals surface area contributed by atoms with E-state index in [0.717, 1.165) is 18.5 Å². The molecule has 0 radical (unpaired) electrons. The van der Waals surface area contributed by atoms with Gasteiger partial charge >= 0.3 is 0 Å². The highest BCUT2D eigenvalue weighted by atomic mass is 16.4. The van der Waals surface area contributed by atoms with Crippen LogP contribution in [0.25, 0.3) is 0 Å². The third-order valence-electron chi connectivity index (χ3n) is 1.70. The molecular formula is C9H13N2O2+. The smallest absolute Gasteiger partial charge is 0.169 e. The lowest BCUT2D eigenvalue weighted by molar-refractivity contribution is -0.697. The Balaban J connectivity index is 2.58. The topological polar surface area (TPSA) is 56.7 Å². The molecule has 4 nitrogen and oxygen atoms in total. The number of rotatable bonds is 4. The third kappa shape index (κ3) is 3.21. The quantitative estimate of drug-likeness (QED) is 0.301. The maximum Gasteiger partial charge on any atom is 0.169 e. The van der Waals surface area contributed by atoms with E-state index in [4.69, 9.17) is 10.3 Å². The molecule has 4 heteroatoms. The molecule has 0 fully saturated rings. The van der Waals surface area contributed by atoms with Crippen molar-refractivity contribution >= 4 is 6.21 Å². The second-order valence-electron chi connectivity index (χ2n) is 2.69. The summed E-state index contributed by atoms with van der Waals surface area (Å²) in [7, 11) is 0. The van der Waals surface area contributed by atoms with Gasteiger partial charge in [-0.05, 0) is 0 Å². The van der Waals surface area contributed by atoms with Crippen molar-refractivity contribution in [3.05, 3.63) is 30.1 Å². The molecule has 0 aliphatic heterocycles. The molecule has 13 heavy (non-hydrogen) atoms. The Morgan fingerprint density at radius 2 is 2.08 bits per heavy atom. The Morgan fingerprint density at radius 3 is 2.62 bits per heavy atom. The number of oxime groups is 1. The van der Waals surface area contributed by atoms with E-state index in [-0.39, 0.29) is 6.61 Å². The van der Waals surface area contributed by atoms with Crippen LogP contribution in [0.5, 0.6) is 0 Å². The Hall–Kier alpha value is -1.42.